The van der Waals surface area contributed by atoms with Crippen molar-refractivity contribution in [3.8, 4) is 0 Å². The highest BCUT2D eigenvalue weighted by Gasteiger charge is 2.55. The van der Waals surface area contributed by atoms with Crippen LogP contribution in [-0.4, -0.2) is 53.4 Å². The molecule has 1 amide bonds. The van der Waals surface area contributed by atoms with E-state index in [9.17, 15) is 14.0 Å². The van der Waals surface area contributed by atoms with Crippen LogP contribution < -0.4 is 21.7 Å². The van der Waals surface area contributed by atoms with Crippen LogP contribution in [0.3, 0.4) is 0 Å². The van der Waals surface area contributed by atoms with Gasteiger partial charge < -0.3 is 21.8 Å². The highest BCUT2D eigenvalue weighted by molar-refractivity contribution is 7.58. The molecule has 4 rings (SSSR count). The Morgan fingerprint density at radius 1 is 1.41 bits per heavy atom. The maximum atomic E-state index is 14.2. The molecule has 3 aliphatic carbocycles. The molecule has 0 aromatic rings. The van der Waals surface area contributed by atoms with Gasteiger partial charge in [-0.05, 0) is 63.7 Å². The van der Waals surface area contributed by atoms with Gasteiger partial charge in [0.1, 0.15) is 0 Å². The van der Waals surface area contributed by atoms with Crippen molar-refractivity contribution in [3.63, 3.8) is 0 Å². The van der Waals surface area contributed by atoms with Gasteiger partial charge in [-0.25, -0.2) is 9.38 Å². The summed E-state index contributed by atoms with van der Waals surface area (Å²) in [6.45, 7) is 0.957. The SMILES string of the molecule is N=C1CC=CC(PC(=O)CNCC2CC3CC2C(NC2N=C(Cl)NC=C2F)C3C(N)=O)C1. The van der Waals surface area contributed by atoms with Crippen LogP contribution in [0.15, 0.2) is 29.2 Å². The fraction of sp³-hybridized carbons (Fsp3) is 0.619. The molecular weight excluding hydrogens is 454 g/mol. The second-order valence-corrected chi connectivity index (χ2v) is 11.0. The van der Waals surface area contributed by atoms with Crippen molar-refractivity contribution < 1.29 is 14.0 Å². The number of nitrogens with one attached hydrogen (secondary N) is 4. The van der Waals surface area contributed by atoms with Crippen LogP contribution in [-0.2, 0) is 9.59 Å². The molecule has 0 aromatic carbocycles. The molecule has 2 bridgehead atoms. The number of nitrogens with two attached hydrogens (primary N) is 1. The van der Waals surface area contributed by atoms with Gasteiger partial charge in [0.15, 0.2) is 22.8 Å². The fourth-order valence-corrected chi connectivity index (χ4v) is 6.98. The molecule has 8 nitrogen and oxygen atoms in total. The minimum Gasteiger partial charge on any atom is -0.369 e. The largest absolute Gasteiger partial charge is 0.369 e. The number of fused-ring (bicyclic) bond motifs is 2. The minimum absolute atomic E-state index is 0.0863. The molecule has 0 saturated heterocycles. The number of carbonyl (C=O) groups is 2. The Hall–Kier alpha value is -1.67. The summed E-state index contributed by atoms with van der Waals surface area (Å²) in [5.41, 5.74) is 6.68. The number of amidine groups is 1. The number of amides is 1. The zero-order valence-corrected chi connectivity index (χ0v) is 19.4. The van der Waals surface area contributed by atoms with E-state index in [1.165, 1.54) is 0 Å². The first-order valence-electron chi connectivity index (χ1n) is 11.0. The summed E-state index contributed by atoms with van der Waals surface area (Å²) in [7, 11) is 0.166. The zero-order chi connectivity index (χ0) is 22.8. The van der Waals surface area contributed by atoms with Crippen LogP contribution in [0.1, 0.15) is 25.7 Å². The zero-order valence-electron chi connectivity index (χ0n) is 17.6. The third-order valence-electron chi connectivity index (χ3n) is 6.89. The van der Waals surface area contributed by atoms with Crippen molar-refractivity contribution >= 4 is 42.6 Å². The third-order valence-corrected chi connectivity index (χ3v) is 8.36. The van der Waals surface area contributed by atoms with Crippen LogP contribution >= 0.6 is 20.2 Å². The Kier molecular flexibility index (Phi) is 7.40. The lowest BCUT2D eigenvalue weighted by atomic mass is 9.77. The normalized spacial score (nSPS) is 36.3. The first-order chi connectivity index (χ1) is 15.3. The standard InChI is InChI=1S/C21H29ClFN6O2P/c22-21-27-8-15(23)20(29-21)28-18-14-5-10(17(18)19(25)31)4-11(14)7-26-9-16(30)32-13-3-1-2-12(24)6-13/h1,3,8,10-11,13-14,17-18,20,24,26,28,32H,2,4-7,9H2,(H2,25,31)(H,27,29). The Morgan fingerprint density at radius 3 is 2.97 bits per heavy atom. The lowest BCUT2D eigenvalue weighted by Gasteiger charge is -2.36. The van der Waals surface area contributed by atoms with E-state index in [4.69, 9.17) is 22.7 Å². The first kappa shape index (κ1) is 23.5. The Balaban J connectivity index is 1.31. The Morgan fingerprint density at radius 2 is 2.22 bits per heavy atom. The number of halogens is 2. The molecule has 8 atom stereocenters. The average molecular weight is 483 g/mol. The molecule has 4 aliphatic rings. The fourth-order valence-electron chi connectivity index (χ4n) is 5.60. The monoisotopic (exact) mass is 482 g/mol. The number of primary amides is 1. The van der Waals surface area contributed by atoms with E-state index in [1.54, 1.807) is 0 Å². The number of rotatable bonds is 9. The van der Waals surface area contributed by atoms with E-state index in [1.807, 2.05) is 12.2 Å². The number of hydrogen-bond donors (Lipinski definition) is 5. The van der Waals surface area contributed by atoms with E-state index < -0.39 is 12.0 Å². The van der Waals surface area contributed by atoms with Crippen LogP contribution in [0.4, 0.5) is 4.39 Å². The highest BCUT2D eigenvalue weighted by atomic mass is 35.5. The van der Waals surface area contributed by atoms with Crippen molar-refractivity contribution in [2.24, 2.45) is 34.4 Å². The second-order valence-electron chi connectivity index (χ2n) is 9.02. The molecule has 8 unspecified atom stereocenters. The van der Waals surface area contributed by atoms with Gasteiger partial charge in [0.2, 0.25) is 5.91 Å². The number of aliphatic imine (C=N–C) groups is 1. The van der Waals surface area contributed by atoms with Gasteiger partial charge in [-0.1, -0.05) is 12.2 Å². The quantitative estimate of drug-likeness (QED) is 0.193. The van der Waals surface area contributed by atoms with Gasteiger partial charge in [-0.15, -0.1) is 0 Å². The molecule has 6 N–H and O–H groups in total. The summed E-state index contributed by atoms with van der Waals surface area (Å²) < 4.78 is 14.2. The molecule has 174 valence electrons. The summed E-state index contributed by atoms with van der Waals surface area (Å²) in [4.78, 5) is 28.6. The summed E-state index contributed by atoms with van der Waals surface area (Å²) >= 11 is 5.88. The molecule has 1 aliphatic heterocycles. The van der Waals surface area contributed by atoms with Crippen LogP contribution in [0, 0.1) is 29.1 Å². The van der Waals surface area contributed by atoms with E-state index in [-0.39, 0.29) is 60.7 Å². The van der Waals surface area contributed by atoms with Crippen LogP contribution in [0.2, 0.25) is 0 Å². The predicted octanol–water partition coefficient (Wildman–Crippen LogP) is 1.57. The molecule has 1 heterocycles. The molecule has 0 radical (unpaired) electrons. The van der Waals surface area contributed by atoms with Gasteiger partial charge >= 0.3 is 0 Å². The van der Waals surface area contributed by atoms with E-state index in [2.05, 4.69) is 20.9 Å². The Labute approximate surface area is 193 Å². The summed E-state index contributed by atoms with van der Waals surface area (Å²) in [6.07, 6.45) is 7.30. The molecule has 0 spiro atoms. The van der Waals surface area contributed by atoms with Crippen LogP contribution in [0.25, 0.3) is 0 Å². The smallest absolute Gasteiger partial charge is 0.222 e. The van der Waals surface area contributed by atoms with Crippen molar-refractivity contribution in [1.82, 2.24) is 16.0 Å². The third kappa shape index (κ3) is 5.28. The lowest BCUT2D eigenvalue weighted by Crippen LogP contribution is -2.53. The van der Waals surface area contributed by atoms with Gasteiger partial charge in [-0.2, -0.15) is 0 Å². The molecule has 11 heteroatoms. The van der Waals surface area contributed by atoms with Gasteiger partial charge in [-0.3, -0.25) is 14.9 Å². The molecular formula is C21H29ClFN6O2P. The van der Waals surface area contributed by atoms with Crippen molar-refractivity contribution in [3.05, 3.63) is 24.2 Å². The predicted molar refractivity (Wildman–Crippen MR) is 125 cm³/mol. The van der Waals surface area contributed by atoms with Gasteiger partial charge in [0.05, 0.1) is 12.5 Å². The van der Waals surface area contributed by atoms with Crippen molar-refractivity contribution in [1.29, 1.82) is 5.41 Å². The summed E-state index contributed by atoms with van der Waals surface area (Å²) in [6, 6.07) is -0.288. The van der Waals surface area contributed by atoms with E-state index >= 15 is 0 Å². The number of hydrogen-bond acceptors (Lipinski definition) is 7. The molecule has 2 saturated carbocycles. The number of carbonyl (C=O) groups excluding carboxylic acids is 2. The molecule has 0 aromatic heterocycles. The minimum atomic E-state index is -0.936. The number of allylic oxidation sites excluding steroid dienone is 2. The number of nitrogens with zero attached hydrogens (tertiary/aromatic N) is 1. The highest BCUT2D eigenvalue weighted by Crippen LogP contribution is 2.52. The topological polar surface area (TPSA) is 132 Å². The van der Waals surface area contributed by atoms with Crippen LogP contribution in [0.5, 0.6) is 0 Å². The van der Waals surface area contributed by atoms with Crippen molar-refractivity contribution in [2.45, 2.75) is 43.5 Å². The maximum Gasteiger partial charge on any atom is 0.222 e. The first-order valence-corrected chi connectivity index (χ1v) is 12.4. The van der Waals surface area contributed by atoms with E-state index in [0.717, 1.165) is 19.0 Å². The lowest BCUT2D eigenvalue weighted by molar-refractivity contribution is -0.124. The summed E-state index contributed by atoms with van der Waals surface area (Å²) in [5.74, 6) is -0.694. The second kappa shape index (κ2) is 10.1. The maximum absolute atomic E-state index is 14.2. The molecule has 2 fully saturated rings. The van der Waals surface area contributed by atoms with Gasteiger partial charge in [0.25, 0.3) is 0 Å². The van der Waals surface area contributed by atoms with E-state index in [0.29, 0.717) is 31.6 Å². The summed E-state index contributed by atoms with van der Waals surface area (Å²) in [5, 5.41) is 16.9. The molecule has 32 heavy (non-hydrogen) atoms. The van der Waals surface area contributed by atoms with Gasteiger partial charge in [0, 0.05) is 30.0 Å². The Bertz CT molecular complexity index is 880. The average Bonchev–Trinajstić information content (AvgIpc) is 3.29. The van der Waals surface area contributed by atoms with Crippen molar-refractivity contribution in [2.75, 3.05) is 13.1 Å².